The Morgan fingerprint density at radius 3 is 2.37 bits per heavy atom. The lowest BCUT2D eigenvalue weighted by Gasteiger charge is -2.30. The third-order valence-corrected chi connectivity index (χ3v) is 9.16. The minimum Gasteiger partial charge on any atom is -0.465 e. The quantitative estimate of drug-likeness (QED) is 0.132. The van der Waals surface area contributed by atoms with Crippen molar-refractivity contribution in [1.82, 2.24) is 0 Å². The van der Waals surface area contributed by atoms with E-state index in [0.29, 0.717) is 60.4 Å². The fourth-order valence-electron chi connectivity index (χ4n) is 7.18. The molecule has 7 heteroatoms. The van der Waals surface area contributed by atoms with E-state index in [0.717, 1.165) is 32.1 Å². The number of carbonyl (C=O) groups excluding carboxylic acids is 3. The van der Waals surface area contributed by atoms with Gasteiger partial charge < -0.3 is 18.9 Å². The molecular weight excluding hydrogens is 484 g/mol. The van der Waals surface area contributed by atoms with Gasteiger partial charge in [0.05, 0.1) is 24.3 Å². The zero-order chi connectivity index (χ0) is 26.5. The minimum absolute atomic E-state index is 0.000892. The van der Waals surface area contributed by atoms with E-state index in [2.05, 4.69) is 6.92 Å². The fourth-order valence-corrected chi connectivity index (χ4v) is 7.18. The van der Waals surface area contributed by atoms with Crippen molar-refractivity contribution in [2.75, 3.05) is 19.8 Å². The van der Waals surface area contributed by atoms with Crippen molar-refractivity contribution < 1.29 is 33.3 Å². The van der Waals surface area contributed by atoms with Gasteiger partial charge in [-0.15, -0.1) is 0 Å². The summed E-state index contributed by atoms with van der Waals surface area (Å²) in [5.41, 5.74) is 0.715. The molecule has 4 fully saturated rings. The van der Waals surface area contributed by atoms with Gasteiger partial charge in [0.15, 0.2) is 0 Å². The fraction of sp³-hybridized carbons (Fsp3) is 0.710. The number of hydrogen-bond donors (Lipinski definition) is 0. The molecule has 208 valence electrons. The van der Waals surface area contributed by atoms with Crippen molar-refractivity contribution in [3.63, 3.8) is 0 Å². The van der Waals surface area contributed by atoms with E-state index in [9.17, 15) is 14.4 Å². The van der Waals surface area contributed by atoms with Crippen LogP contribution in [0.1, 0.15) is 98.3 Å². The molecule has 1 aliphatic heterocycles. The molecule has 0 radical (unpaired) electrons. The van der Waals surface area contributed by atoms with Gasteiger partial charge >= 0.3 is 17.9 Å². The van der Waals surface area contributed by atoms with Crippen molar-refractivity contribution in [2.45, 2.75) is 89.8 Å². The van der Waals surface area contributed by atoms with E-state index in [1.807, 2.05) is 0 Å². The number of epoxide rings is 1. The molecule has 38 heavy (non-hydrogen) atoms. The van der Waals surface area contributed by atoms with Gasteiger partial charge in [-0.2, -0.15) is 0 Å². The van der Waals surface area contributed by atoms with Crippen LogP contribution in [0.2, 0.25) is 0 Å². The summed E-state index contributed by atoms with van der Waals surface area (Å²) < 4.78 is 21.9. The third-order valence-electron chi connectivity index (χ3n) is 9.16. The molecule has 1 aromatic carbocycles. The largest absolute Gasteiger partial charge is 0.465 e. The Hall–Kier alpha value is -2.41. The molecule has 0 N–H and O–H groups in total. The first-order valence-corrected chi connectivity index (χ1v) is 14.8. The highest BCUT2D eigenvalue weighted by atomic mass is 16.6. The summed E-state index contributed by atoms with van der Waals surface area (Å²) in [6, 6.07) is 6.56. The van der Waals surface area contributed by atoms with E-state index >= 15 is 0 Å². The molecule has 7 nitrogen and oxygen atoms in total. The van der Waals surface area contributed by atoms with E-state index in [1.54, 1.807) is 24.3 Å². The number of esters is 3. The molecule has 4 aliphatic rings. The Morgan fingerprint density at radius 1 is 0.842 bits per heavy atom. The van der Waals surface area contributed by atoms with E-state index < -0.39 is 5.97 Å². The van der Waals surface area contributed by atoms with Crippen LogP contribution < -0.4 is 0 Å². The van der Waals surface area contributed by atoms with Gasteiger partial charge in [0.2, 0.25) is 0 Å². The second-order valence-electron chi connectivity index (χ2n) is 11.8. The van der Waals surface area contributed by atoms with Crippen LogP contribution in [0.3, 0.4) is 0 Å². The summed E-state index contributed by atoms with van der Waals surface area (Å²) in [4.78, 5) is 37.4. The second-order valence-corrected chi connectivity index (χ2v) is 11.8. The molecule has 1 saturated heterocycles. The zero-order valence-electron chi connectivity index (χ0n) is 22.6. The summed E-state index contributed by atoms with van der Waals surface area (Å²) in [7, 11) is 0. The van der Waals surface area contributed by atoms with Crippen LogP contribution in [0.25, 0.3) is 0 Å². The lowest BCUT2D eigenvalue weighted by Crippen LogP contribution is -2.28. The maximum absolute atomic E-state index is 12.9. The molecule has 1 heterocycles. The monoisotopic (exact) mass is 526 g/mol. The number of rotatable bonds is 14. The Kier molecular flexibility index (Phi) is 9.03. The van der Waals surface area contributed by atoms with Crippen molar-refractivity contribution in [2.24, 2.45) is 29.6 Å². The van der Waals surface area contributed by atoms with Crippen molar-refractivity contribution in [3.8, 4) is 0 Å². The summed E-state index contributed by atoms with van der Waals surface area (Å²) in [5.74, 6) is 1.88. The van der Waals surface area contributed by atoms with Gasteiger partial charge in [0, 0.05) is 6.42 Å². The number of benzene rings is 1. The highest BCUT2D eigenvalue weighted by Gasteiger charge is 2.56. The van der Waals surface area contributed by atoms with Crippen LogP contribution in [0.15, 0.2) is 24.3 Å². The Bertz CT molecular complexity index is 986. The molecule has 1 aromatic rings. The minimum atomic E-state index is -0.458. The normalized spacial score (nSPS) is 30.6. The number of unbranched alkanes of at least 4 members (excludes halogenated alkanes) is 5. The average molecular weight is 527 g/mol. The van der Waals surface area contributed by atoms with Crippen LogP contribution in [0.5, 0.6) is 0 Å². The molecule has 5 unspecified atom stereocenters. The van der Waals surface area contributed by atoms with Crippen LogP contribution in [0.4, 0.5) is 0 Å². The second kappa shape index (κ2) is 12.6. The van der Waals surface area contributed by atoms with Crippen molar-refractivity contribution in [1.29, 1.82) is 0 Å². The molecule has 5 rings (SSSR count). The Balaban J connectivity index is 1.05. The molecule has 2 bridgehead atoms. The summed E-state index contributed by atoms with van der Waals surface area (Å²) in [6.45, 7) is 3.61. The standard InChI is InChI=1S/C31H42O7/c1-2-3-4-5-6-7-11-29(32)36-17-23-13-22-14-26(23)28-16-24(15-27(22)28)38-31(34)21-10-8-9-20(12-21)30(33)37-19-25-18-35-25/h8-10,12,22-28H,2-7,11,13-19H2,1H3/t22?,23?,24?,25?,26?,27-,28+/m0/s1. The highest BCUT2D eigenvalue weighted by molar-refractivity contribution is 5.95. The van der Waals surface area contributed by atoms with Gasteiger partial charge in [-0.05, 0) is 79.9 Å². The van der Waals surface area contributed by atoms with Crippen LogP contribution in [0, 0.1) is 29.6 Å². The van der Waals surface area contributed by atoms with Crippen LogP contribution >= 0.6 is 0 Å². The van der Waals surface area contributed by atoms with Gasteiger partial charge in [-0.3, -0.25) is 4.79 Å². The molecule has 0 spiro atoms. The van der Waals surface area contributed by atoms with E-state index in [4.69, 9.17) is 18.9 Å². The van der Waals surface area contributed by atoms with Gasteiger partial charge in [0.25, 0.3) is 0 Å². The first-order valence-electron chi connectivity index (χ1n) is 14.8. The van der Waals surface area contributed by atoms with Gasteiger partial charge in [-0.25, -0.2) is 9.59 Å². The van der Waals surface area contributed by atoms with Gasteiger partial charge in [-0.1, -0.05) is 45.1 Å². The highest BCUT2D eigenvalue weighted by Crippen LogP contribution is 2.61. The summed E-state index contributed by atoms with van der Waals surface area (Å²) in [6.07, 6.45) is 11.6. The van der Waals surface area contributed by atoms with E-state index in [1.165, 1.54) is 32.1 Å². The third kappa shape index (κ3) is 6.77. The molecule has 0 amide bonds. The van der Waals surface area contributed by atoms with Crippen LogP contribution in [-0.4, -0.2) is 49.9 Å². The Morgan fingerprint density at radius 2 is 1.58 bits per heavy atom. The van der Waals surface area contributed by atoms with Crippen molar-refractivity contribution >= 4 is 17.9 Å². The molecule has 3 saturated carbocycles. The average Bonchev–Trinajstić information content (AvgIpc) is 3.37. The first kappa shape index (κ1) is 27.2. The lowest BCUT2D eigenvalue weighted by atomic mass is 9.76. The number of ether oxygens (including phenoxy) is 4. The smallest absolute Gasteiger partial charge is 0.338 e. The Labute approximate surface area is 225 Å². The topological polar surface area (TPSA) is 91.4 Å². The number of hydrogen-bond acceptors (Lipinski definition) is 7. The molecule has 3 aliphatic carbocycles. The molecule has 0 aromatic heterocycles. The zero-order valence-corrected chi connectivity index (χ0v) is 22.6. The maximum atomic E-state index is 12.9. The summed E-state index contributed by atoms with van der Waals surface area (Å²) >= 11 is 0. The number of carbonyl (C=O) groups is 3. The predicted molar refractivity (Wildman–Crippen MR) is 141 cm³/mol. The van der Waals surface area contributed by atoms with Crippen LogP contribution in [-0.2, 0) is 23.7 Å². The van der Waals surface area contributed by atoms with E-state index in [-0.39, 0.29) is 30.8 Å². The summed E-state index contributed by atoms with van der Waals surface area (Å²) in [5, 5.41) is 0. The lowest BCUT2D eigenvalue weighted by molar-refractivity contribution is -0.146. The SMILES string of the molecule is CCCCCCCCC(=O)OCC1CC2CC1[C@H]1CC(OC(=O)c3cccc(C(=O)OCC4CO4)c3)C[C@@H]21. The molecule has 7 atom stereocenters. The first-order chi connectivity index (χ1) is 18.5. The van der Waals surface area contributed by atoms with Gasteiger partial charge in [0.1, 0.15) is 18.8 Å². The van der Waals surface area contributed by atoms with Crippen molar-refractivity contribution in [3.05, 3.63) is 35.4 Å². The molecular formula is C31H42O7. The predicted octanol–water partition coefficient (Wildman–Crippen LogP) is 5.74. The number of fused-ring (bicyclic) bond motifs is 5. The maximum Gasteiger partial charge on any atom is 0.338 e.